The maximum absolute atomic E-state index is 13.6. The molecule has 0 atom stereocenters. The van der Waals surface area contributed by atoms with Crippen LogP contribution in [-0.2, 0) is 0 Å². The van der Waals surface area contributed by atoms with Crippen molar-refractivity contribution in [2.24, 2.45) is 0 Å². The third kappa shape index (κ3) is 3.89. The normalized spacial score (nSPS) is 10.4. The Labute approximate surface area is 217 Å². The van der Waals surface area contributed by atoms with Crippen LogP contribution in [0, 0.1) is 57.0 Å². The van der Waals surface area contributed by atoms with Crippen LogP contribution in [0.5, 0.6) is 0 Å². The molecule has 6 aromatic rings. The van der Waals surface area contributed by atoms with Gasteiger partial charge in [-0.15, -0.1) is 45.3 Å². The van der Waals surface area contributed by atoms with Crippen molar-refractivity contribution >= 4 is 95.5 Å². The van der Waals surface area contributed by atoms with Gasteiger partial charge in [-0.1, -0.05) is 0 Å². The van der Waals surface area contributed by atoms with Gasteiger partial charge in [0.05, 0.1) is 9.40 Å². The maximum Gasteiger partial charge on any atom is 0.139 e. The zero-order chi connectivity index (χ0) is 25.4. The molecule has 4 aromatic heterocycles. The van der Waals surface area contributed by atoms with E-state index in [1.54, 1.807) is 0 Å². The molecule has 0 unspecified atom stereocenters. The molecule has 0 saturated heterocycles. The van der Waals surface area contributed by atoms with Crippen LogP contribution in [0.2, 0.25) is 0 Å². The first-order valence-electron chi connectivity index (χ1n) is 10.0. The van der Waals surface area contributed by atoms with E-state index in [2.05, 4.69) is 35.0 Å². The van der Waals surface area contributed by atoms with Crippen molar-refractivity contribution in [2.45, 2.75) is 0 Å². The Hall–Kier alpha value is -4.16. The second-order valence-corrected chi connectivity index (χ2v) is 11.3. The summed E-state index contributed by atoms with van der Waals surface area (Å²) in [5.41, 5.74) is -1.18. The van der Waals surface area contributed by atoms with Gasteiger partial charge in [0.25, 0.3) is 0 Å². The van der Waals surface area contributed by atoms with E-state index < -0.39 is 33.2 Å². The van der Waals surface area contributed by atoms with Crippen molar-refractivity contribution in [3.63, 3.8) is 0 Å². The van der Waals surface area contributed by atoms with E-state index in [-0.39, 0.29) is 0 Å². The molecule has 0 aliphatic heterocycles. The number of nitrogens with zero attached hydrogens (tertiary/aromatic N) is 4. The summed E-state index contributed by atoms with van der Waals surface area (Å²) < 4.78 is 35.7. The number of fused-ring (bicyclic) bond motifs is 6. The third-order valence-electron chi connectivity index (χ3n) is 5.31. The maximum atomic E-state index is 13.6. The van der Waals surface area contributed by atoms with Crippen LogP contribution in [0.25, 0.3) is 50.1 Å². The van der Waals surface area contributed by atoms with Gasteiger partial charge in [0.15, 0.2) is 0 Å². The number of thiophene rings is 4. The summed E-state index contributed by atoms with van der Waals surface area (Å²) in [6, 6.07) is 16.2. The number of rotatable bonds is 0. The minimum Gasteiger partial charge on any atom is -0.206 e. The molecular weight excluding hydrogens is 535 g/mol. The lowest BCUT2D eigenvalue weighted by molar-refractivity contribution is 0.585. The Balaban J connectivity index is 0.000000148. The van der Waals surface area contributed by atoms with Crippen LogP contribution < -0.4 is 10.4 Å². The highest BCUT2D eigenvalue weighted by Gasteiger charge is 2.12. The van der Waals surface area contributed by atoms with Gasteiger partial charge in [-0.25, -0.2) is 8.78 Å². The topological polar surface area (TPSA) is 95.2 Å². The van der Waals surface area contributed by atoms with E-state index >= 15 is 0 Å². The Morgan fingerprint density at radius 1 is 0.583 bits per heavy atom. The van der Waals surface area contributed by atoms with Crippen LogP contribution in [0.15, 0.2) is 47.2 Å². The molecule has 0 fully saturated rings. The summed E-state index contributed by atoms with van der Waals surface area (Å²) in [7, 11) is 0. The van der Waals surface area contributed by atoms with Crippen molar-refractivity contribution in [1.29, 1.82) is 21.0 Å². The third-order valence-corrected chi connectivity index (χ3v) is 9.70. The summed E-state index contributed by atoms with van der Waals surface area (Å²) >= 11 is 7.55. The number of hydrogen-bond acceptors (Lipinski definition) is 8. The fraction of sp³-hybridized carbons (Fsp3) is 0. The molecule has 4 heterocycles. The molecular formula is C26H8F2N4S4. The summed E-state index contributed by atoms with van der Waals surface area (Å²) in [5, 5.41) is 40.5. The molecule has 4 nitrogen and oxygen atoms in total. The Kier molecular flexibility index (Phi) is 6.20. The quantitative estimate of drug-likeness (QED) is 0.208. The molecule has 6 rings (SSSR count). The van der Waals surface area contributed by atoms with E-state index in [9.17, 15) is 8.78 Å². The first kappa shape index (κ1) is 23.6. The summed E-state index contributed by atoms with van der Waals surface area (Å²) in [5.74, 6) is -2.10. The Bertz CT molecular complexity index is 1950. The molecule has 2 aromatic carbocycles. The lowest BCUT2D eigenvalue weighted by Crippen LogP contribution is -2.21. The van der Waals surface area contributed by atoms with E-state index in [1.807, 2.05) is 45.3 Å². The number of nitriles is 4. The Morgan fingerprint density at radius 3 is 1.33 bits per heavy atom. The van der Waals surface area contributed by atoms with Crippen molar-refractivity contribution in [1.82, 2.24) is 0 Å². The van der Waals surface area contributed by atoms with Gasteiger partial charge < -0.3 is 0 Å². The van der Waals surface area contributed by atoms with Gasteiger partial charge in [-0.3, -0.25) is 0 Å². The molecule has 170 valence electrons. The zero-order valence-electron chi connectivity index (χ0n) is 17.8. The first-order chi connectivity index (χ1) is 17.5. The fourth-order valence-corrected chi connectivity index (χ4v) is 8.22. The van der Waals surface area contributed by atoms with Crippen molar-refractivity contribution in [3.05, 3.63) is 69.2 Å². The van der Waals surface area contributed by atoms with E-state index in [1.165, 1.54) is 63.2 Å². The molecule has 0 aliphatic carbocycles. The molecule has 0 N–H and O–H groups in total. The van der Waals surface area contributed by atoms with Crippen LogP contribution in [0.4, 0.5) is 8.78 Å². The van der Waals surface area contributed by atoms with Crippen LogP contribution >= 0.6 is 45.3 Å². The zero-order valence-corrected chi connectivity index (χ0v) is 21.1. The number of halogens is 2. The van der Waals surface area contributed by atoms with Crippen molar-refractivity contribution in [2.75, 3.05) is 0 Å². The monoisotopic (exact) mass is 542 g/mol. The molecule has 0 amide bonds. The molecule has 10 heteroatoms. The van der Waals surface area contributed by atoms with Gasteiger partial charge in [0, 0.05) is 40.0 Å². The second kappa shape index (κ2) is 9.47. The minimum absolute atomic E-state index is 0.503. The highest BCUT2D eigenvalue weighted by atomic mass is 32.1. The van der Waals surface area contributed by atoms with Crippen molar-refractivity contribution < 1.29 is 8.78 Å². The molecule has 0 bridgehead atoms. The van der Waals surface area contributed by atoms with Gasteiger partial charge in [0.2, 0.25) is 0 Å². The van der Waals surface area contributed by atoms with E-state index in [4.69, 9.17) is 21.0 Å². The molecule has 0 spiro atoms. The van der Waals surface area contributed by atoms with Crippen molar-refractivity contribution in [3.8, 4) is 24.3 Å². The number of benzene rings is 2. The first-order valence-corrected chi connectivity index (χ1v) is 13.4. The summed E-state index contributed by atoms with van der Waals surface area (Å²) in [6.45, 7) is 0. The summed E-state index contributed by atoms with van der Waals surface area (Å²) in [4.78, 5) is 0. The number of hydrogen-bond donors (Lipinski definition) is 0. The van der Waals surface area contributed by atoms with E-state index in [0.29, 0.717) is 12.1 Å². The lowest BCUT2D eigenvalue weighted by atomic mass is 10.1. The van der Waals surface area contributed by atoms with Gasteiger partial charge in [-0.05, 0) is 47.2 Å². The smallest absolute Gasteiger partial charge is 0.139 e. The van der Waals surface area contributed by atoms with Crippen LogP contribution in [0.1, 0.15) is 0 Å². The molecule has 0 saturated carbocycles. The highest BCUT2D eigenvalue weighted by Crippen LogP contribution is 2.44. The molecule has 0 aliphatic rings. The van der Waals surface area contributed by atoms with E-state index in [0.717, 1.165) is 0 Å². The van der Waals surface area contributed by atoms with Gasteiger partial charge >= 0.3 is 0 Å². The van der Waals surface area contributed by atoms with Gasteiger partial charge in [-0.2, -0.15) is 21.0 Å². The highest BCUT2D eigenvalue weighted by molar-refractivity contribution is 7.33. The second-order valence-electron chi connectivity index (χ2n) is 7.29. The average molecular weight is 543 g/mol. The fourth-order valence-electron chi connectivity index (χ4n) is 3.69. The van der Waals surface area contributed by atoms with Crippen LogP contribution in [0.3, 0.4) is 0 Å². The largest absolute Gasteiger partial charge is 0.206 e. The standard InChI is InChI=1S/C14H6S4.C12H2F2N4/c1-3-15-13-7-5-12-8(6-11(7)17-9(1)13)14-10(18-12)2-4-16-14;13-11-1-9(7(3-15)4-16)12(14)2-10(11)8(5-17)6-18/h1-6H;1-2H. The molecule has 0 radical (unpaired) electrons. The predicted molar refractivity (Wildman–Crippen MR) is 143 cm³/mol. The summed E-state index contributed by atoms with van der Waals surface area (Å²) in [6.07, 6.45) is 0. The lowest BCUT2D eigenvalue weighted by Gasteiger charge is -1.95. The van der Waals surface area contributed by atoms with Gasteiger partial charge in [0.1, 0.15) is 47.1 Å². The Morgan fingerprint density at radius 2 is 0.972 bits per heavy atom. The minimum atomic E-state index is -1.05. The average Bonchev–Trinajstić information content (AvgIpc) is 3.64. The predicted octanol–water partition coefficient (Wildman–Crippen LogP) is 6.91. The SMILES string of the molecule is N#CC(C#N)=c1cc(F)c(=C(C#N)C#N)cc1F.c1cc2sc3cc4c(cc3c2s1)sc1ccsc14. The van der Waals surface area contributed by atoms with Crippen LogP contribution in [-0.4, -0.2) is 0 Å². The molecule has 36 heavy (non-hydrogen) atoms.